The van der Waals surface area contributed by atoms with E-state index >= 15 is 0 Å². The third-order valence-corrected chi connectivity index (χ3v) is 5.04. The van der Waals surface area contributed by atoms with Gasteiger partial charge in [0.15, 0.2) is 5.96 Å². The summed E-state index contributed by atoms with van der Waals surface area (Å²) in [6, 6.07) is 16.5. The van der Waals surface area contributed by atoms with Crippen molar-refractivity contribution < 1.29 is 4.79 Å². The monoisotopic (exact) mass is 522 g/mol. The number of nitrogens with one attached hydrogen (secondary N) is 2. The number of benzene rings is 2. The molecule has 0 unspecified atom stereocenters. The molecule has 0 aliphatic rings. The van der Waals surface area contributed by atoms with Crippen molar-refractivity contribution in [1.29, 1.82) is 0 Å². The van der Waals surface area contributed by atoms with Crippen LogP contribution in [-0.4, -0.2) is 51.0 Å². The Labute approximate surface area is 198 Å². The van der Waals surface area contributed by atoms with Gasteiger partial charge in [-0.1, -0.05) is 55.8 Å². The minimum absolute atomic E-state index is 0. The van der Waals surface area contributed by atoms with Gasteiger partial charge in [0.1, 0.15) is 0 Å². The van der Waals surface area contributed by atoms with Gasteiger partial charge in [0.2, 0.25) is 0 Å². The molecule has 30 heavy (non-hydrogen) atoms. The third kappa shape index (κ3) is 7.63. The van der Waals surface area contributed by atoms with Crippen molar-refractivity contribution in [2.45, 2.75) is 32.6 Å². The lowest BCUT2D eigenvalue weighted by molar-refractivity contribution is 0.0827. The fourth-order valence-electron chi connectivity index (χ4n) is 3.08. The van der Waals surface area contributed by atoms with Crippen LogP contribution in [0.2, 0.25) is 0 Å². The van der Waals surface area contributed by atoms with Crippen LogP contribution in [0.25, 0.3) is 0 Å². The van der Waals surface area contributed by atoms with E-state index in [0.29, 0.717) is 0 Å². The van der Waals surface area contributed by atoms with Crippen LogP contribution in [0.15, 0.2) is 53.5 Å². The quantitative estimate of drug-likeness (QED) is 0.329. The van der Waals surface area contributed by atoms with Crippen molar-refractivity contribution in [1.82, 2.24) is 15.5 Å². The van der Waals surface area contributed by atoms with Crippen LogP contribution in [-0.2, 0) is 11.8 Å². The summed E-state index contributed by atoms with van der Waals surface area (Å²) in [5, 5.41) is 6.80. The fourth-order valence-corrected chi connectivity index (χ4v) is 3.08. The van der Waals surface area contributed by atoms with Crippen LogP contribution in [0.5, 0.6) is 0 Å². The molecular weight excluding hydrogens is 487 g/mol. The molecular formula is C24H35IN4O. The average Bonchev–Trinajstić information content (AvgIpc) is 2.70. The number of carbonyl (C=O) groups excluding carboxylic acids is 1. The normalized spacial score (nSPS) is 11.5. The number of aliphatic imine (C=N–C) groups is 1. The molecule has 0 radical (unpaired) electrons. The van der Waals surface area contributed by atoms with Gasteiger partial charge >= 0.3 is 0 Å². The maximum atomic E-state index is 12.1. The van der Waals surface area contributed by atoms with E-state index in [2.05, 4.69) is 60.7 Å². The molecule has 2 aromatic carbocycles. The Kier molecular flexibility index (Phi) is 10.3. The molecule has 0 spiro atoms. The van der Waals surface area contributed by atoms with E-state index in [1.165, 1.54) is 11.1 Å². The number of carbonyl (C=O) groups is 1. The first-order valence-electron chi connectivity index (χ1n) is 10.0. The Morgan fingerprint density at radius 2 is 1.73 bits per heavy atom. The highest BCUT2D eigenvalue weighted by molar-refractivity contribution is 14.0. The van der Waals surface area contributed by atoms with Gasteiger partial charge in [-0.3, -0.25) is 9.79 Å². The summed E-state index contributed by atoms with van der Waals surface area (Å²) in [4.78, 5) is 18.0. The minimum atomic E-state index is -0.00775. The number of aryl methyl sites for hydroxylation is 1. The van der Waals surface area contributed by atoms with E-state index in [0.717, 1.165) is 36.6 Å². The summed E-state index contributed by atoms with van der Waals surface area (Å²) >= 11 is 0. The highest BCUT2D eigenvalue weighted by Gasteiger charge is 2.20. The molecule has 2 aromatic rings. The van der Waals surface area contributed by atoms with E-state index in [9.17, 15) is 4.79 Å². The molecule has 0 fully saturated rings. The molecule has 2 N–H and O–H groups in total. The zero-order valence-electron chi connectivity index (χ0n) is 19.0. The highest BCUT2D eigenvalue weighted by atomic mass is 127. The molecule has 6 heteroatoms. The first-order chi connectivity index (χ1) is 13.7. The highest BCUT2D eigenvalue weighted by Crippen LogP contribution is 2.22. The summed E-state index contributed by atoms with van der Waals surface area (Å²) in [6.45, 7) is 8.08. The Morgan fingerprint density at radius 1 is 1.07 bits per heavy atom. The topological polar surface area (TPSA) is 56.7 Å². The van der Waals surface area contributed by atoms with Crippen LogP contribution in [0.4, 0.5) is 0 Å². The number of hydrogen-bond donors (Lipinski definition) is 2. The molecule has 0 bridgehead atoms. The molecule has 0 saturated heterocycles. The molecule has 0 atom stereocenters. The molecule has 2 rings (SSSR count). The first kappa shape index (κ1) is 25.9. The van der Waals surface area contributed by atoms with Gasteiger partial charge in [-0.25, -0.2) is 0 Å². The Bertz CT molecular complexity index is 845. The van der Waals surface area contributed by atoms with Crippen molar-refractivity contribution in [3.05, 3.63) is 70.8 Å². The van der Waals surface area contributed by atoms with E-state index in [1.807, 2.05) is 24.3 Å². The number of amides is 1. The van der Waals surface area contributed by atoms with Crippen molar-refractivity contribution in [2.24, 2.45) is 4.99 Å². The van der Waals surface area contributed by atoms with E-state index < -0.39 is 0 Å². The lowest BCUT2D eigenvalue weighted by Gasteiger charge is -2.27. The molecule has 0 aliphatic carbocycles. The van der Waals surface area contributed by atoms with Crippen LogP contribution < -0.4 is 10.6 Å². The van der Waals surface area contributed by atoms with Crippen molar-refractivity contribution >= 4 is 35.8 Å². The fraction of sp³-hybridized carbons (Fsp3) is 0.417. The lowest BCUT2D eigenvalue weighted by atomic mass is 9.84. The van der Waals surface area contributed by atoms with Crippen LogP contribution in [0.1, 0.15) is 40.9 Å². The summed E-state index contributed by atoms with van der Waals surface area (Å²) in [6.07, 6.45) is 0.816. The van der Waals surface area contributed by atoms with Gasteiger partial charge in [-0.15, -0.1) is 24.0 Å². The first-order valence-corrected chi connectivity index (χ1v) is 10.0. The Morgan fingerprint density at radius 3 is 2.33 bits per heavy atom. The molecule has 5 nitrogen and oxygen atoms in total. The van der Waals surface area contributed by atoms with Gasteiger partial charge in [-0.05, 0) is 36.6 Å². The van der Waals surface area contributed by atoms with Crippen LogP contribution >= 0.6 is 24.0 Å². The smallest absolute Gasteiger partial charge is 0.253 e. The average molecular weight is 522 g/mol. The summed E-state index contributed by atoms with van der Waals surface area (Å²) < 4.78 is 0. The van der Waals surface area contributed by atoms with Gasteiger partial charge < -0.3 is 15.5 Å². The van der Waals surface area contributed by atoms with Crippen molar-refractivity contribution in [3.63, 3.8) is 0 Å². The molecule has 0 saturated carbocycles. The van der Waals surface area contributed by atoms with Crippen LogP contribution in [0, 0.1) is 6.92 Å². The molecule has 0 aromatic heterocycles. The maximum absolute atomic E-state index is 12.1. The SMILES string of the molecule is CN=C(NCCc1cccc(C(=O)N(C)C)c1)NCC(C)(C)c1ccc(C)cc1.I. The van der Waals surface area contributed by atoms with Gasteiger partial charge in [-0.2, -0.15) is 0 Å². The third-order valence-electron chi connectivity index (χ3n) is 5.04. The predicted molar refractivity (Wildman–Crippen MR) is 137 cm³/mol. The molecule has 0 aliphatic heterocycles. The largest absolute Gasteiger partial charge is 0.356 e. The maximum Gasteiger partial charge on any atom is 0.253 e. The summed E-state index contributed by atoms with van der Waals surface area (Å²) in [7, 11) is 5.32. The standard InChI is InChI=1S/C24H34N4O.HI/c1-18-10-12-21(13-11-18)24(2,3)17-27-23(25-4)26-15-14-19-8-7-9-20(16-19)22(29)28(5)6;/h7-13,16H,14-15,17H2,1-6H3,(H2,25,26,27);1H. The number of rotatable bonds is 7. The minimum Gasteiger partial charge on any atom is -0.356 e. The molecule has 164 valence electrons. The van der Waals surface area contributed by atoms with Gasteiger partial charge in [0.05, 0.1) is 0 Å². The number of nitrogens with zero attached hydrogens (tertiary/aromatic N) is 2. The zero-order chi connectivity index (χ0) is 21.4. The Hall–Kier alpha value is -2.09. The Balaban J connectivity index is 0.00000450. The second-order valence-electron chi connectivity index (χ2n) is 8.25. The number of halogens is 1. The lowest BCUT2D eigenvalue weighted by Crippen LogP contribution is -2.44. The summed E-state index contributed by atoms with van der Waals surface area (Å²) in [5.41, 5.74) is 4.40. The number of guanidine groups is 1. The second kappa shape index (κ2) is 11.9. The summed E-state index contributed by atoms with van der Waals surface area (Å²) in [5.74, 6) is 0.807. The molecule has 1 amide bonds. The molecule has 0 heterocycles. The van der Waals surface area contributed by atoms with Crippen molar-refractivity contribution in [2.75, 3.05) is 34.2 Å². The number of hydrogen-bond acceptors (Lipinski definition) is 2. The van der Waals surface area contributed by atoms with Gasteiger partial charge in [0, 0.05) is 45.2 Å². The zero-order valence-corrected chi connectivity index (χ0v) is 21.3. The van der Waals surface area contributed by atoms with Crippen molar-refractivity contribution in [3.8, 4) is 0 Å². The second-order valence-corrected chi connectivity index (χ2v) is 8.25. The van der Waals surface area contributed by atoms with E-state index in [-0.39, 0.29) is 35.3 Å². The van der Waals surface area contributed by atoms with Gasteiger partial charge in [0.25, 0.3) is 5.91 Å². The van der Waals surface area contributed by atoms with Crippen LogP contribution in [0.3, 0.4) is 0 Å². The predicted octanol–water partition coefficient (Wildman–Crippen LogP) is 4.00. The van der Waals surface area contributed by atoms with E-state index in [1.54, 1.807) is 26.0 Å². The van der Waals surface area contributed by atoms with E-state index in [4.69, 9.17) is 0 Å².